The van der Waals surface area contributed by atoms with Crippen molar-refractivity contribution < 1.29 is 14.3 Å². The number of halogens is 1. The quantitative estimate of drug-likeness (QED) is 0.632. The van der Waals surface area contributed by atoms with Crippen molar-refractivity contribution in [2.24, 2.45) is 0 Å². The summed E-state index contributed by atoms with van der Waals surface area (Å²) in [7, 11) is 0. The molecular formula is C20H21BrN2O3. The lowest BCUT2D eigenvalue weighted by Crippen LogP contribution is -2.41. The Kier molecular flexibility index (Phi) is 7.49. The van der Waals surface area contributed by atoms with Gasteiger partial charge in [0, 0.05) is 16.7 Å². The summed E-state index contributed by atoms with van der Waals surface area (Å²) in [6, 6.07) is 16.6. The Labute approximate surface area is 162 Å². The van der Waals surface area contributed by atoms with Crippen LogP contribution in [-0.2, 0) is 4.79 Å². The molecule has 0 N–H and O–H groups in total. The van der Waals surface area contributed by atoms with Gasteiger partial charge in [-0.1, -0.05) is 15.9 Å². The van der Waals surface area contributed by atoms with E-state index in [1.54, 1.807) is 24.0 Å². The van der Waals surface area contributed by atoms with Crippen LogP contribution in [0.3, 0.4) is 0 Å². The number of anilines is 1. The predicted octanol–water partition coefficient (Wildman–Crippen LogP) is 4.56. The van der Waals surface area contributed by atoms with Crippen LogP contribution in [0.4, 0.5) is 5.69 Å². The Balaban J connectivity index is 2.14. The third kappa shape index (κ3) is 5.50. The second kappa shape index (κ2) is 9.83. The monoisotopic (exact) mass is 416 g/mol. The minimum atomic E-state index is -0.679. The maximum absolute atomic E-state index is 12.9. The number of nitriles is 1. The zero-order valence-electron chi connectivity index (χ0n) is 14.8. The maximum atomic E-state index is 12.9. The lowest BCUT2D eigenvalue weighted by atomic mass is 10.2. The molecule has 5 nitrogen and oxygen atoms in total. The van der Waals surface area contributed by atoms with Crippen LogP contribution in [-0.4, -0.2) is 25.2 Å². The molecule has 136 valence electrons. The lowest BCUT2D eigenvalue weighted by molar-refractivity contribution is -0.124. The Morgan fingerprint density at radius 2 is 1.77 bits per heavy atom. The van der Waals surface area contributed by atoms with E-state index in [4.69, 9.17) is 14.7 Å². The number of hydrogen-bond donors (Lipinski definition) is 0. The third-order valence-corrected chi connectivity index (χ3v) is 4.18. The molecule has 2 rings (SSSR count). The number of amides is 1. The molecule has 0 saturated carbocycles. The molecule has 0 bridgehead atoms. The van der Waals surface area contributed by atoms with E-state index in [-0.39, 0.29) is 12.3 Å². The van der Waals surface area contributed by atoms with Gasteiger partial charge in [-0.2, -0.15) is 5.26 Å². The lowest BCUT2D eigenvalue weighted by Gasteiger charge is -2.25. The zero-order chi connectivity index (χ0) is 18.9. The average molecular weight is 417 g/mol. The molecule has 0 radical (unpaired) electrons. The standard InChI is InChI=1S/C20H21BrN2O3/c1-3-25-18-11-7-17(8-12-18)23(14-4-13-22)20(24)15(2)26-19-9-5-16(21)6-10-19/h5-12,15H,3-4,14H2,1-2H3. The highest BCUT2D eigenvalue weighted by Gasteiger charge is 2.23. The van der Waals surface area contributed by atoms with Gasteiger partial charge < -0.3 is 14.4 Å². The fourth-order valence-corrected chi connectivity index (χ4v) is 2.67. The van der Waals surface area contributed by atoms with Crippen LogP contribution in [0, 0.1) is 11.3 Å². The van der Waals surface area contributed by atoms with Crippen molar-refractivity contribution in [2.45, 2.75) is 26.4 Å². The molecule has 2 aromatic rings. The second-order valence-electron chi connectivity index (χ2n) is 5.54. The Hall–Kier alpha value is -2.52. The molecule has 26 heavy (non-hydrogen) atoms. The molecule has 1 unspecified atom stereocenters. The average Bonchev–Trinajstić information content (AvgIpc) is 2.65. The fourth-order valence-electron chi connectivity index (χ4n) is 2.40. The summed E-state index contributed by atoms with van der Waals surface area (Å²) >= 11 is 3.37. The van der Waals surface area contributed by atoms with Gasteiger partial charge in [-0.3, -0.25) is 4.79 Å². The van der Waals surface area contributed by atoms with E-state index in [1.165, 1.54) is 0 Å². The van der Waals surface area contributed by atoms with Crippen molar-refractivity contribution in [3.05, 3.63) is 53.0 Å². The van der Waals surface area contributed by atoms with Crippen LogP contribution in [0.1, 0.15) is 20.3 Å². The highest BCUT2D eigenvalue weighted by molar-refractivity contribution is 9.10. The van der Waals surface area contributed by atoms with Gasteiger partial charge >= 0.3 is 0 Å². The van der Waals surface area contributed by atoms with Crippen molar-refractivity contribution in [1.82, 2.24) is 0 Å². The van der Waals surface area contributed by atoms with Gasteiger partial charge in [-0.05, 0) is 62.4 Å². The summed E-state index contributed by atoms with van der Waals surface area (Å²) in [5, 5.41) is 8.91. The van der Waals surface area contributed by atoms with E-state index in [1.807, 2.05) is 43.3 Å². The Bertz CT molecular complexity index is 754. The van der Waals surface area contributed by atoms with Crippen molar-refractivity contribution in [3.8, 4) is 17.6 Å². The first-order valence-corrected chi connectivity index (χ1v) is 9.18. The SMILES string of the molecule is CCOc1ccc(N(CCC#N)C(=O)C(C)Oc2ccc(Br)cc2)cc1. The number of carbonyl (C=O) groups excluding carboxylic acids is 1. The highest BCUT2D eigenvalue weighted by Crippen LogP contribution is 2.22. The first-order valence-electron chi connectivity index (χ1n) is 8.38. The van der Waals surface area contributed by atoms with Crippen LogP contribution >= 0.6 is 15.9 Å². The molecule has 0 spiro atoms. The molecule has 0 aliphatic carbocycles. The van der Waals surface area contributed by atoms with Crippen LogP contribution in [0.2, 0.25) is 0 Å². The minimum absolute atomic E-state index is 0.202. The van der Waals surface area contributed by atoms with Gasteiger partial charge in [-0.15, -0.1) is 0 Å². The van der Waals surface area contributed by atoms with Crippen molar-refractivity contribution >= 4 is 27.5 Å². The van der Waals surface area contributed by atoms with E-state index in [0.29, 0.717) is 24.6 Å². The molecule has 0 heterocycles. The molecular weight excluding hydrogens is 396 g/mol. The summed E-state index contributed by atoms with van der Waals surface area (Å²) in [5.41, 5.74) is 0.708. The van der Waals surface area contributed by atoms with Gasteiger partial charge in [0.15, 0.2) is 6.10 Å². The molecule has 6 heteroatoms. The first-order chi connectivity index (χ1) is 12.5. The molecule has 1 amide bonds. The van der Waals surface area contributed by atoms with Crippen molar-refractivity contribution in [2.75, 3.05) is 18.1 Å². The largest absolute Gasteiger partial charge is 0.494 e. The van der Waals surface area contributed by atoms with Gasteiger partial charge in [0.2, 0.25) is 0 Å². The van der Waals surface area contributed by atoms with Gasteiger partial charge in [0.05, 0.1) is 19.1 Å². The van der Waals surface area contributed by atoms with Gasteiger partial charge in [0.1, 0.15) is 11.5 Å². The first kappa shape index (κ1) is 19.8. The fraction of sp³-hybridized carbons (Fsp3) is 0.300. The maximum Gasteiger partial charge on any atom is 0.267 e. The molecule has 0 aliphatic rings. The van der Waals surface area contributed by atoms with Crippen LogP contribution in [0.15, 0.2) is 53.0 Å². The van der Waals surface area contributed by atoms with Crippen LogP contribution in [0.25, 0.3) is 0 Å². The topological polar surface area (TPSA) is 62.6 Å². The molecule has 0 aliphatic heterocycles. The number of carbonyl (C=O) groups is 1. The number of rotatable bonds is 8. The van der Waals surface area contributed by atoms with E-state index in [0.717, 1.165) is 10.2 Å². The second-order valence-corrected chi connectivity index (χ2v) is 6.45. The predicted molar refractivity (Wildman–Crippen MR) is 104 cm³/mol. The summed E-state index contributed by atoms with van der Waals surface area (Å²) in [6.45, 7) is 4.50. The van der Waals surface area contributed by atoms with Gasteiger partial charge in [-0.25, -0.2) is 0 Å². The van der Waals surface area contributed by atoms with Crippen molar-refractivity contribution in [3.63, 3.8) is 0 Å². The summed E-state index contributed by atoms with van der Waals surface area (Å²) in [5.74, 6) is 1.15. The smallest absolute Gasteiger partial charge is 0.267 e. The number of benzene rings is 2. The molecule has 0 fully saturated rings. The zero-order valence-corrected chi connectivity index (χ0v) is 16.4. The van der Waals surface area contributed by atoms with E-state index < -0.39 is 6.10 Å². The van der Waals surface area contributed by atoms with E-state index in [9.17, 15) is 4.79 Å². The summed E-state index contributed by atoms with van der Waals surface area (Å²) in [6.07, 6.45) is -0.439. The number of ether oxygens (including phenoxy) is 2. The Morgan fingerprint density at radius 1 is 1.15 bits per heavy atom. The number of nitrogens with zero attached hydrogens (tertiary/aromatic N) is 2. The normalized spacial score (nSPS) is 11.3. The molecule has 1 atom stereocenters. The number of hydrogen-bond acceptors (Lipinski definition) is 4. The molecule has 0 saturated heterocycles. The molecule has 0 aromatic heterocycles. The van der Waals surface area contributed by atoms with Gasteiger partial charge in [0.25, 0.3) is 5.91 Å². The van der Waals surface area contributed by atoms with E-state index >= 15 is 0 Å². The van der Waals surface area contributed by atoms with Crippen LogP contribution in [0.5, 0.6) is 11.5 Å². The molecule has 2 aromatic carbocycles. The van der Waals surface area contributed by atoms with E-state index in [2.05, 4.69) is 22.0 Å². The van der Waals surface area contributed by atoms with Crippen molar-refractivity contribution in [1.29, 1.82) is 5.26 Å². The highest BCUT2D eigenvalue weighted by atomic mass is 79.9. The Morgan fingerprint density at radius 3 is 2.35 bits per heavy atom. The summed E-state index contributed by atoms with van der Waals surface area (Å²) < 4.78 is 12.1. The minimum Gasteiger partial charge on any atom is -0.494 e. The summed E-state index contributed by atoms with van der Waals surface area (Å²) in [4.78, 5) is 14.5. The van der Waals surface area contributed by atoms with Crippen LogP contribution < -0.4 is 14.4 Å². The third-order valence-electron chi connectivity index (χ3n) is 3.65.